The van der Waals surface area contributed by atoms with E-state index in [1.54, 1.807) is 24.1 Å². The van der Waals surface area contributed by atoms with Crippen LogP contribution >= 0.6 is 0 Å². The Hall–Kier alpha value is -2.23. The molecule has 0 unspecified atom stereocenters. The molecule has 0 aromatic heterocycles. The van der Waals surface area contributed by atoms with E-state index in [0.29, 0.717) is 17.7 Å². The maximum absolute atomic E-state index is 13.1. The summed E-state index contributed by atoms with van der Waals surface area (Å²) in [5.41, 5.74) is 1.34. The summed E-state index contributed by atoms with van der Waals surface area (Å²) in [6.45, 7) is 0. The molecule has 0 aliphatic rings. The third kappa shape index (κ3) is 2.37. The van der Waals surface area contributed by atoms with Crippen LogP contribution in [0.15, 0.2) is 42.5 Å². The Kier molecular flexibility index (Phi) is 3.37. The molecule has 0 radical (unpaired) electrons. The van der Waals surface area contributed by atoms with Gasteiger partial charge in [-0.05, 0) is 36.4 Å². The molecule has 0 saturated carbocycles. The number of rotatable bonds is 3. The Balaban J connectivity index is 2.45. The molecule has 0 aliphatic carbocycles. The lowest BCUT2D eigenvalue weighted by Gasteiger charge is -2.21. The first-order valence-electron chi connectivity index (χ1n) is 5.36. The van der Waals surface area contributed by atoms with Crippen LogP contribution in [0.4, 0.5) is 20.2 Å². The smallest absolute Gasteiger partial charge is 0.152 e. The fourth-order valence-electron chi connectivity index (χ4n) is 1.75. The highest BCUT2D eigenvalue weighted by atomic mass is 19.1. The Morgan fingerprint density at radius 3 is 2.44 bits per heavy atom. The van der Waals surface area contributed by atoms with Crippen molar-refractivity contribution in [2.24, 2.45) is 0 Å². The van der Waals surface area contributed by atoms with Crippen molar-refractivity contribution in [3.05, 3.63) is 59.7 Å². The molecule has 92 valence electrons. The van der Waals surface area contributed by atoms with Crippen molar-refractivity contribution in [3.8, 4) is 0 Å². The van der Waals surface area contributed by atoms with E-state index in [1.807, 2.05) is 0 Å². The summed E-state index contributed by atoms with van der Waals surface area (Å²) in [6, 6.07) is 9.87. The van der Waals surface area contributed by atoms with Crippen LogP contribution in [0, 0.1) is 11.6 Å². The second-order valence-corrected chi connectivity index (χ2v) is 3.86. The lowest BCUT2D eigenvalue weighted by molar-refractivity contribution is 0.112. The molecule has 0 amide bonds. The van der Waals surface area contributed by atoms with Gasteiger partial charge in [-0.15, -0.1) is 0 Å². The van der Waals surface area contributed by atoms with Crippen molar-refractivity contribution in [1.82, 2.24) is 0 Å². The van der Waals surface area contributed by atoms with Crippen LogP contribution in [0.25, 0.3) is 0 Å². The Morgan fingerprint density at radius 1 is 1.06 bits per heavy atom. The zero-order valence-corrected chi connectivity index (χ0v) is 9.73. The third-order valence-electron chi connectivity index (χ3n) is 2.67. The van der Waals surface area contributed by atoms with Gasteiger partial charge in [0.25, 0.3) is 0 Å². The predicted molar refractivity (Wildman–Crippen MR) is 66.3 cm³/mol. The van der Waals surface area contributed by atoms with E-state index in [9.17, 15) is 13.6 Å². The second kappa shape index (κ2) is 4.96. The van der Waals surface area contributed by atoms with Gasteiger partial charge in [0.15, 0.2) is 6.29 Å². The maximum Gasteiger partial charge on any atom is 0.152 e. The van der Waals surface area contributed by atoms with Gasteiger partial charge in [0.1, 0.15) is 11.6 Å². The number of halogens is 2. The van der Waals surface area contributed by atoms with Crippen LogP contribution in [0.2, 0.25) is 0 Å². The summed E-state index contributed by atoms with van der Waals surface area (Å²) >= 11 is 0. The van der Waals surface area contributed by atoms with Crippen LogP contribution in [0.3, 0.4) is 0 Å². The number of aldehydes is 1. The molecule has 2 aromatic carbocycles. The predicted octanol–water partition coefficient (Wildman–Crippen LogP) is 3.55. The zero-order valence-electron chi connectivity index (χ0n) is 9.73. The minimum atomic E-state index is -0.478. The van der Waals surface area contributed by atoms with Crippen LogP contribution in [0.1, 0.15) is 10.4 Å². The van der Waals surface area contributed by atoms with Crippen LogP contribution in [-0.4, -0.2) is 13.3 Å². The van der Waals surface area contributed by atoms with Crippen molar-refractivity contribution >= 4 is 17.7 Å². The SMILES string of the molecule is CN(c1cccc(F)c1)c1ccc(F)cc1C=O. The standard InChI is InChI=1S/C14H11F2NO/c1-17(13-4-2-3-11(15)8-13)14-6-5-12(16)7-10(14)9-18/h2-9H,1H3. The highest BCUT2D eigenvalue weighted by Gasteiger charge is 2.10. The summed E-state index contributed by atoms with van der Waals surface area (Å²) in [4.78, 5) is 12.5. The lowest BCUT2D eigenvalue weighted by atomic mass is 10.1. The second-order valence-electron chi connectivity index (χ2n) is 3.86. The minimum absolute atomic E-state index is 0.224. The maximum atomic E-state index is 13.1. The highest BCUT2D eigenvalue weighted by molar-refractivity contribution is 5.86. The molecule has 4 heteroatoms. The fraction of sp³-hybridized carbons (Fsp3) is 0.0714. The van der Waals surface area contributed by atoms with Gasteiger partial charge in [-0.1, -0.05) is 6.07 Å². The van der Waals surface area contributed by atoms with Crippen LogP contribution < -0.4 is 4.90 Å². The van der Waals surface area contributed by atoms with Gasteiger partial charge in [-0.3, -0.25) is 4.79 Å². The van der Waals surface area contributed by atoms with Crippen molar-refractivity contribution in [1.29, 1.82) is 0 Å². The van der Waals surface area contributed by atoms with E-state index in [2.05, 4.69) is 0 Å². The number of carbonyl (C=O) groups is 1. The topological polar surface area (TPSA) is 20.3 Å². The van der Waals surface area contributed by atoms with Gasteiger partial charge in [0, 0.05) is 18.3 Å². The minimum Gasteiger partial charge on any atom is -0.344 e. The first-order valence-corrected chi connectivity index (χ1v) is 5.36. The Bertz CT molecular complexity index is 584. The van der Waals surface area contributed by atoms with Crippen molar-refractivity contribution < 1.29 is 13.6 Å². The van der Waals surface area contributed by atoms with Crippen LogP contribution in [-0.2, 0) is 0 Å². The molecule has 0 aliphatic heterocycles. The number of nitrogens with zero attached hydrogens (tertiary/aromatic N) is 1. The summed E-state index contributed by atoms with van der Waals surface area (Å²) in [5.74, 6) is -0.845. The van der Waals surface area contributed by atoms with E-state index in [1.165, 1.54) is 24.3 Å². The first-order chi connectivity index (χ1) is 8.61. The average Bonchev–Trinajstić information content (AvgIpc) is 2.37. The molecule has 0 spiro atoms. The Morgan fingerprint density at radius 2 is 1.78 bits per heavy atom. The van der Waals surface area contributed by atoms with Gasteiger partial charge in [0.2, 0.25) is 0 Å². The first kappa shape index (κ1) is 12.2. The van der Waals surface area contributed by atoms with E-state index in [0.717, 1.165) is 6.07 Å². The summed E-state index contributed by atoms with van der Waals surface area (Å²) < 4.78 is 26.2. The number of hydrogen-bond donors (Lipinski definition) is 0. The lowest BCUT2D eigenvalue weighted by Crippen LogP contribution is -2.12. The normalized spacial score (nSPS) is 10.2. The molecule has 0 atom stereocenters. The molecular formula is C14H11F2NO. The highest BCUT2D eigenvalue weighted by Crippen LogP contribution is 2.27. The molecule has 0 bridgehead atoms. The molecule has 2 aromatic rings. The van der Waals surface area contributed by atoms with Gasteiger partial charge in [-0.25, -0.2) is 8.78 Å². The number of carbonyl (C=O) groups excluding carboxylic acids is 1. The molecule has 0 saturated heterocycles. The summed E-state index contributed by atoms with van der Waals surface area (Å²) in [6.07, 6.45) is 0.578. The monoisotopic (exact) mass is 247 g/mol. The number of anilines is 2. The van der Waals surface area contributed by atoms with E-state index < -0.39 is 5.82 Å². The molecule has 0 fully saturated rings. The van der Waals surface area contributed by atoms with Crippen molar-refractivity contribution in [2.45, 2.75) is 0 Å². The summed E-state index contributed by atoms with van der Waals surface area (Å²) in [5, 5.41) is 0. The van der Waals surface area contributed by atoms with Gasteiger partial charge in [0.05, 0.1) is 5.69 Å². The molecule has 18 heavy (non-hydrogen) atoms. The van der Waals surface area contributed by atoms with Crippen molar-refractivity contribution in [2.75, 3.05) is 11.9 Å². The molecular weight excluding hydrogens is 236 g/mol. The molecule has 2 nitrogen and oxygen atoms in total. The van der Waals surface area contributed by atoms with Crippen LogP contribution in [0.5, 0.6) is 0 Å². The zero-order chi connectivity index (χ0) is 13.1. The van der Waals surface area contributed by atoms with E-state index in [-0.39, 0.29) is 11.4 Å². The Labute approximate surface area is 103 Å². The van der Waals surface area contributed by atoms with Gasteiger partial charge >= 0.3 is 0 Å². The van der Waals surface area contributed by atoms with Crippen molar-refractivity contribution in [3.63, 3.8) is 0 Å². The molecule has 2 rings (SSSR count). The molecule has 0 N–H and O–H groups in total. The number of benzene rings is 2. The average molecular weight is 247 g/mol. The third-order valence-corrected chi connectivity index (χ3v) is 2.67. The molecule has 0 heterocycles. The number of hydrogen-bond acceptors (Lipinski definition) is 2. The van der Waals surface area contributed by atoms with E-state index in [4.69, 9.17) is 0 Å². The summed E-state index contributed by atoms with van der Waals surface area (Å²) in [7, 11) is 1.69. The fourth-order valence-corrected chi connectivity index (χ4v) is 1.75. The van der Waals surface area contributed by atoms with Gasteiger partial charge < -0.3 is 4.90 Å². The largest absolute Gasteiger partial charge is 0.344 e. The van der Waals surface area contributed by atoms with Gasteiger partial charge in [-0.2, -0.15) is 0 Å². The van der Waals surface area contributed by atoms with E-state index >= 15 is 0 Å². The quantitative estimate of drug-likeness (QED) is 0.773.